The van der Waals surface area contributed by atoms with E-state index in [1.165, 1.54) is 0 Å². The van der Waals surface area contributed by atoms with Crippen LogP contribution in [-0.4, -0.2) is 20.2 Å². The zero-order valence-corrected chi connectivity index (χ0v) is 13.6. The normalized spacial score (nSPS) is 10.3. The fourth-order valence-electron chi connectivity index (χ4n) is 2.56. The van der Waals surface area contributed by atoms with Crippen molar-refractivity contribution in [2.75, 3.05) is 10.6 Å². The van der Waals surface area contributed by atoms with Crippen LogP contribution in [0.5, 0.6) is 0 Å². The van der Waals surface area contributed by atoms with Crippen LogP contribution in [0.4, 0.5) is 23.1 Å². The molecule has 26 heavy (non-hydrogen) atoms. The molecule has 0 saturated heterocycles. The number of aromatic nitrogens is 4. The average molecular weight is 339 g/mol. The van der Waals surface area contributed by atoms with Crippen molar-refractivity contribution in [1.82, 2.24) is 20.2 Å². The van der Waals surface area contributed by atoms with Gasteiger partial charge in [0, 0.05) is 17.3 Å². The predicted octanol–water partition coefficient (Wildman–Crippen LogP) is 3.78. The Morgan fingerprint density at radius 1 is 0.962 bits per heavy atom. The monoisotopic (exact) mass is 339 g/mol. The quantitative estimate of drug-likeness (QED) is 0.583. The first-order valence-corrected chi connectivity index (χ1v) is 7.89. The molecule has 2 aromatic carbocycles. The molecule has 0 saturated carbocycles. The molecule has 2 N–H and O–H groups in total. The molecule has 7 heteroatoms. The minimum absolute atomic E-state index is 0.332. The Labute approximate surface area is 149 Å². The molecule has 0 atom stereocenters. The van der Waals surface area contributed by atoms with Crippen LogP contribution in [0.2, 0.25) is 0 Å². The van der Waals surface area contributed by atoms with Crippen LogP contribution in [0, 0.1) is 11.3 Å². The Balaban J connectivity index is 1.60. The molecule has 0 spiro atoms. The predicted molar refractivity (Wildman–Crippen MR) is 99.3 cm³/mol. The van der Waals surface area contributed by atoms with Crippen molar-refractivity contribution in [2.45, 2.75) is 0 Å². The van der Waals surface area contributed by atoms with Crippen LogP contribution in [0.3, 0.4) is 0 Å². The Hall–Kier alpha value is -4.05. The fraction of sp³-hybridized carbons (Fsp3) is 0. The number of nitrogens with zero attached hydrogens (tertiary/aromatic N) is 5. The lowest BCUT2D eigenvalue weighted by Crippen LogP contribution is -2.03. The standard InChI is InChI=1S/C19H13N7/c20-11-13-4-1-7-15(10-13)23-19-25-17(12-22-26-19)24-16-8-2-5-14-6-3-9-21-18(14)16/h1-10,12H,(H2,23,24,25,26). The summed E-state index contributed by atoms with van der Waals surface area (Å²) in [5.74, 6) is 0.871. The van der Waals surface area contributed by atoms with E-state index in [9.17, 15) is 0 Å². The van der Waals surface area contributed by atoms with Crippen molar-refractivity contribution >= 4 is 34.0 Å². The number of rotatable bonds is 4. The Morgan fingerprint density at radius 2 is 1.85 bits per heavy atom. The van der Waals surface area contributed by atoms with Crippen LogP contribution in [0.15, 0.2) is 67.0 Å². The maximum absolute atomic E-state index is 8.99. The lowest BCUT2D eigenvalue weighted by molar-refractivity contribution is 0.982. The van der Waals surface area contributed by atoms with Gasteiger partial charge in [0.1, 0.15) is 0 Å². The summed E-state index contributed by atoms with van der Waals surface area (Å²) in [6, 6.07) is 19.0. The van der Waals surface area contributed by atoms with Crippen LogP contribution in [0.25, 0.3) is 10.9 Å². The molecule has 124 valence electrons. The van der Waals surface area contributed by atoms with Gasteiger partial charge in [0.15, 0.2) is 5.82 Å². The van der Waals surface area contributed by atoms with Crippen LogP contribution < -0.4 is 10.6 Å². The molecule has 4 aromatic rings. The van der Waals surface area contributed by atoms with Crippen molar-refractivity contribution in [1.29, 1.82) is 5.26 Å². The maximum atomic E-state index is 8.99. The molecule has 0 aliphatic rings. The van der Waals surface area contributed by atoms with Gasteiger partial charge in [-0.3, -0.25) is 4.98 Å². The topological polar surface area (TPSA) is 99.4 Å². The highest BCUT2D eigenvalue weighted by Crippen LogP contribution is 2.24. The van der Waals surface area contributed by atoms with E-state index in [4.69, 9.17) is 5.26 Å². The van der Waals surface area contributed by atoms with Gasteiger partial charge in [-0.2, -0.15) is 15.3 Å². The lowest BCUT2D eigenvalue weighted by atomic mass is 10.2. The fourth-order valence-corrected chi connectivity index (χ4v) is 2.56. The van der Waals surface area contributed by atoms with E-state index < -0.39 is 0 Å². The van der Waals surface area contributed by atoms with Crippen LogP contribution in [0.1, 0.15) is 5.56 Å². The second-order valence-corrected chi connectivity index (χ2v) is 5.49. The molecule has 0 bridgehead atoms. The van der Waals surface area contributed by atoms with Crippen LogP contribution in [-0.2, 0) is 0 Å². The molecular weight excluding hydrogens is 326 g/mol. The summed E-state index contributed by atoms with van der Waals surface area (Å²) < 4.78 is 0. The number of anilines is 4. The number of fused-ring (bicyclic) bond motifs is 1. The number of hydrogen-bond donors (Lipinski definition) is 2. The first-order valence-electron chi connectivity index (χ1n) is 7.89. The molecule has 0 unspecified atom stereocenters. The highest BCUT2D eigenvalue weighted by Gasteiger charge is 2.06. The number of nitrogens with one attached hydrogen (secondary N) is 2. The summed E-state index contributed by atoms with van der Waals surface area (Å²) in [6.07, 6.45) is 3.29. The van der Waals surface area contributed by atoms with E-state index in [0.29, 0.717) is 17.3 Å². The van der Waals surface area contributed by atoms with Gasteiger partial charge in [0.25, 0.3) is 0 Å². The number of para-hydroxylation sites is 1. The molecule has 7 nitrogen and oxygen atoms in total. The van der Waals surface area contributed by atoms with Gasteiger partial charge >= 0.3 is 0 Å². The van der Waals surface area contributed by atoms with E-state index in [-0.39, 0.29) is 0 Å². The third-order valence-corrected chi connectivity index (χ3v) is 3.70. The van der Waals surface area contributed by atoms with Gasteiger partial charge in [-0.15, -0.1) is 5.10 Å². The smallest absolute Gasteiger partial charge is 0.249 e. The number of pyridine rings is 1. The zero-order valence-electron chi connectivity index (χ0n) is 13.6. The minimum atomic E-state index is 0.332. The summed E-state index contributed by atoms with van der Waals surface area (Å²) in [5.41, 5.74) is 2.96. The molecule has 0 aliphatic carbocycles. The van der Waals surface area contributed by atoms with E-state index in [1.807, 2.05) is 36.4 Å². The molecule has 0 amide bonds. The van der Waals surface area contributed by atoms with E-state index in [0.717, 1.165) is 22.3 Å². The van der Waals surface area contributed by atoms with Crippen molar-refractivity contribution in [3.8, 4) is 6.07 Å². The largest absolute Gasteiger partial charge is 0.337 e. The summed E-state index contributed by atoms with van der Waals surface area (Å²) in [7, 11) is 0. The Bertz CT molecular complexity index is 1110. The van der Waals surface area contributed by atoms with Crippen molar-refractivity contribution in [3.05, 3.63) is 72.6 Å². The molecule has 2 heterocycles. The highest BCUT2D eigenvalue weighted by atomic mass is 15.3. The van der Waals surface area contributed by atoms with Gasteiger partial charge in [-0.25, -0.2) is 0 Å². The summed E-state index contributed by atoms with van der Waals surface area (Å²) in [5, 5.41) is 24.3. The third kappa shape index (κ3) is 3.25. The van der Waals surface area contributed by atoms with Crippen LogP contribution >= 0.6 is 0 Å². The SMILES string of the molecule is N#Cc1cccc(Nc2nncc(Nc3cccc4cccnc34)n2)c1. The Kier molecular flexibility index (Phi) is 4.06. The van der Waals surface area contributed by atoms with Gasteiger partial charge in [0.05, 0.1) is 29.0 Å². The number of nitriles is 1. The minimum Gasteiger partial charge on any atom is -0.337 e. The second-order valence-electron chi connectivity index (χ2n) is 5.49. The first kappa shape index (κ1) is 15.5. The number of benzene rings is 2. The number of hydrogen-bond acceptors (Lipinski definition) is 7. The molecule has 4 rings (SSSR count). The second kappa shape index (κ2) is 6.83. The lowest BCUT2D eigenvalue weighted by Gasteiger charge is -2.09. The van der Waals surface area contributed by atoms with E-state index >= 15 is 0 Å². The maximum Gasteiger partial charge on any atom is 0.249 e. The summed E-state index contributed by atoms with van der Waals surface area (Å²) in [6.45, 7) is 0. The third-order valence-electron chi connectivity index (χ3n) is 3.70. The molecule has 0 fully saturated rings. The summed E-state index contributed by atoms with van der Waals surface area (Å²) in [4.78, 5) is 8.83. The Morgan fingerprint density at radius 3 is 2.77 bits per heavy atom. The molecule has 2 aromatic heterocycles. The van der Waals surface area contributed by atoms with E-state index in [1.54, 1.807) is 30.6 Å². The average Bonchev–Trinajstić information content (AvgIpc) is 2.69. The van der Waals surface area contributed by atoms with Gasteiger partial charge in [-0.1, -0.05) is 24.3 Å². The van der Waals surface area contributed by atoms with E-state index in [2.05, 4.69) is 36.9 Å². The molecular formula is C19H13N7. The zero-order chi connectivity index (χ0) is 17.8. The molecule has 0 aliphatic heterocycles. The van der Waals surface area contributed by atoms with Crippen molar-refractivity contribution in [2.24, 2.45) is 0 Å². The van der Waals surface area contributed by atoms with Crippen molar-refractivity contribution < 1.29 is 0 Å². The summed E-state index contributed by atoms with van der Waals surface area (Å²) >= 11 is 0. The van der Waals surface area contributed by atoms with Gasteiger partial charge in [-0.05, 0) is 30.3 Å². The molecule has 0 radical (unpaired) electrons. The highest BCUT2D eigenvalue weighted by molar-refractivity contribution is 5.91. The first-order chi connectivity index (χ1) is 12.8. The van der Waals surface area contributed by atoms with Crippen molar-refractivity contribution in [3.63, 3.8) is 0 Å². The van der Waals surface area contributed by atoms with Gasteiger partial charge in [0.2, 0.25) is 5.95 Å². The van der Waals surface area contributed by atoms with Gasteiger partial charge < -0.3 is 10.6 Å².